The number of carbonyl (C=O) groups excluding carboxylic acids is 1. The van der Waals surface area contributed by atoms with Crippen LogP contribution in [-0.2, 0) is 10.0 Å². The van der Waals surface area contributed by atoms with Crippen molar-refractivity contribution in [3.05, 3.63) is 52.8 Å². The normalized spacial score (nSPS) is 12.1. The van der Waals surface area contributed by atoms with Gasteiger partial charge in [0.15, 0.2) is 0 Å². The van der Waals surface area contributed by atoms with E-state index in [1.54, 1.807) is 20.8 Å². The van der Waals surface area contributed by atoms with E-state index in [0.29, 0.717) is 11.3 Å². The minimum atomic E-state index is -3.63. The smallest absolute Gasteiger partial charge is 0.255 e. The summed E-state index contributed by atoms with van der Waals surface area (Å²) in [5.74, 6) is -0.311. The van der Waals surface area contributed by atoms with Crippen LogP contribution in [-0.4, -0.2) is 24.8 Å². The lowest BCUT2D eigenvalue weighted by Gasteiger charge is -2.20. The third-order valence-electron chi connectivity index (χ3n) is 3.63. The average molecular weight is 375 g/mol. The van der Waals surface area contributed by atoms with E-state index >= 15 is 0 Å². The third kappa shape index (κ3) is 4.89. The molecular weight excluding hydrogens is 350 g/mol. The first kappa shape index (κ1) is 20.1. The summed E-state index contributed by atoms with van der Waals surface area (Å²) in [6.07, 6.45) is 0. The molecule has 0 fully saturated rings. The number of anilines is 1. The molecule has 1 heterocycles. The lowest BCUT2D eigenvalue weighted by molar-refractivity contribution is 0.102. The number of hydrogen-bond donors (Lipinski definition) is 2. The summed E-state index contributed by atoms with van der Waals surface area (Å²) in [5.41, 5.74) is 3.02. The first-order chi connectivity index (χ1) is 11.9. The number of nitrogens with one attached hydrogen (secondary N) is 2. The molecular formula is C19H25N3O3S. The lowest BCUT2D eigenvalue weighted by atomic mass is 10.1. The maximum absolute atomic E-state index is 12.5. The Labute approximate surface area is 155 Å². The molecule has 7 heteroatoms. The number of benzene rings is 1. The van der Waals surface area contributed by atoms with Gasteiger partial charge in [-0.15, -0.1) is 0 Å². The molecule has 1 aromatic heterocycles. The number of hydrogen-bond acceptors (Lipinski definition) is 4. The van der Waals surface area contributed by atoms with Crippen molar-refractivity contribution in [2.24, 2.45) is 0 Å². The van der Waals surface area contributed by atoms with Crippen LogP contribution in [0.2, 0.25) is 0 Å². The van der Waals surface area contributed by atoms with Gasteiger partial charge in [-0.25, -0.2) is 13.1 Å². The Bertz CT molecular complexity index is 904. The van der Waals surface area contributed by atoms with Crippen molar-refractivity contribution in [3.8, 4) is 0 Å². The molecule has 0 aliphatic carbocycles. The third-order valence-corrected chi connectivity index (χ3v) is 5.41. The molecule has 0 saturated heterocycles. The average Bonchev–Trinajstić information content (AvgIpc) is 2.48. The fourth-order valence-electron chi connectivity index (χ4n) is 2.65. The highest BCUT2D eigenvalue weighted by molar-refractivity contribution is 7.89. The van der Waals surface area contributed by atoms with E-state index < -0.39 is 15.6 Å². The molecule has 0 spiro atoms. The van der Waals surface area contributed by atoms with Crippen LogP contribution in [0.5, 0.6) is 0 Å². The molecule has 6 nitrogen and oxygen atoms in total. The fourth-order valence-corrected chi connectivity index (χ4v) is 4.06. The number of pyridine rings is 1. The molecule has 0 aliphatic heterocycles. The van der Waals surface area contributed by atoms with Crippen LogP contribution in [0.4, 0.5) is 5.69 Å². The highest BCUT2D eigenvalue weighted by Crippen LogP contribution is 2.21. The molecule has 1 aromatic carbocycles. The number of rotatable bonds is 4. The SMILES string of the molecule is Cc1cc(C)c(NC(=O)c2ccc(S(=O)(=O)NC(C)(C)C)cc2)c(C)n1. The number of carbonyl (C=O) groups is 1. The van der Waals surface area contributed by atoms with Crippen LogP contribution in [0.25, 0.3) is 0 Å². The van der Waals surface area contributed by atoms with E-state index in [1.165, 1.54) is 24.3 Å². The van der Waals surface area contributed by atoms with Gasteiger partial charge in [-0.3, -0.25) is 9.78 Å². The molecule has 26 heavy (non-hydrogen) atoms. The number of aryl methyl sites for hydroxylation is 3. The fraction of sp³-hybridized carbons (Fsp3) is 0.368. The van der Waals surface area contributed by atoms with Crippen molar-refractivity contribution >= 4 is 21.6 Å². The van der Waals surface area contributed by atoms with Gasteiger partial charge in [0, 0.05) is 16.8 Å². The van der Waals surface area contributed by atoms with Crippen molar-refractivity contribution in [1.29, 1.82) is 0 Å². The van der Waals surface area contributed by atoms with Gasteiger partial charge < -0.3 is 5.32 Å². The first-order valence-electron chi connectivity index (χ1n) is 8.29. The largest absolute Gasteiger partial charge is 0.320 e. The molecule has 2 N–H and O–H groups in total. The minimum absolute atomic E-state index is 0.119. The van der Waals surface area contributed by atoms with Gasteiger partial charge in [-0.05, 0) is 77.4 Å². The zero-order valence-electron chi connectivity index (χ0n) is 16.0. The molecule has 0 radical (unpaired) electrons. The summed E-state index contributed by atoms with van der Waals surface area (Å²) in [7, 11) is -3.63. The minimum Gasteiger partial charge on any atom is -0.320 e. The Kier molecular flexibility index (Phi) is 5.53. The molecule has 0 saturated carbocycles. The Morgan fingerprint density at radius 1 is 1.04 bits per heavy atom. The van der Waals surface area contributed by atoms with Gasteiger partial charge in [0.1, 0.15) is 0 Å². The van der Waals surface area contributed by atoms with E-state index in [-0.39, 0.29) is 10.8 Å². The van der Waals surface area contributed by atoms with Crippen LogP contribution in [0.1, 0.15) is 48.1 Å². The summed E-state index contributed by atoms with van der Waals surface area (Å²) in [6, 6.07) is 7.75. The Morgan fingerprint density at radius 2 is 1.62 bits per heavy atom. The Balaban J connectivity index is 2.22. The Hall–Kier alpha value is -2.25. The van der Waals surface area contributed by atoms with Crippen molar-refractivity contribution in [2.45, 2.75) is 52.0 Å². The molecule has 0 atom stereocenters. The standard InChI is InChI=1S/C19H25N3O3S/c1-12-11-13(2)20-14(3)17(12)21-18(23)15-7-9-16(10-8-15)26(24,25)22-19(4,5)6/h7-11,22H,1-6H3,(H,21,23). The molecule has 0 bridgehead atoms. The van der Waals surface area contributed by atoms with Gasteiger partial charge in [-0.1, -0.05) is 0 Å². The summed E-state index contributed by atoms with van der Waals surface area (Å²) < 4.78 is 27.2. The van der Waals surface area contributed by atoms with Crippen LogP contribution in [0.15, 0.2) is 35.2 Å². The highest BCUT2D eigenvalue weighted by atomic mass is 32.2. The van der Waals surface area contributed by atoms with E-state index in [4.69, 9.17) is 0 Å². The topological polar surface area (TPSA) is 88.2 Å². The van der Waals surface area contributed by atoms with Gasteiger partial charge in [0.25, 0.3) is 5.91 Å². The van der Waals surface area contributed by atoms with Crippen LogP contribution in [0, 0.1) is 20.8 Å². The van der Waals surface area contributed by atoms with Gasteiger partial charge in [0.2, 0.25) is 10.0 Å². The van der Waals surface area contributed by atoms with E-state index in [1.807, 2.05) is 26.8 Å². The van der Waals surface area contributed by atoms with Crippen molar-refractivity contribution in [1.82, 2.24) is 9.71 Å². The molecule has 2 aromatic rings. The van der Waals surface area contributed by atoms with Crippen molar-refractivity contribution in [3.63, 3.8) is 0 Å². The quantitative estimate of drug-likeness (QED) is 0.858. The zero-order chi connectivity index (χ0) is 19.7. The van der Waals surface area contributed by atoms with Crippen LogP contribution >= 0.6 is 0 Å². The van der Waals surface area contributed by atoms with Crippen molar-refractivity contribution in [2.75, 3.05) is 5.32 Å². The van der Waals surface area contributed by atoms with E-state index in [0.717, 1.165) is 17.0 Å². The number of sulfonamides is 1. The summed E-state index contributed by atoms with van der Waals surface area (Å²) in [6.45, 7) is 11.0. The lowest BCUT2D eigenvalue weighted by Crippen LogP contribution is -2.40. The second kappa shape index (κ2) is 7.17. The second-order valence-electron chi connectivity index (χ2n) is 7.37. The monoisotopic (exact) mass is 375 g/mol. The zero-order valence-corrected chi connectivity index (χ0v) is 16.8. The number of amides is 1. The maximum Gasteiger partial charge on any atom is 0.255 e. The maximum atomic E-state index is 12.5. The molecule has 1 amide bonds. The molecule has 0 aliphatic rings. The predicted molar refractivity (Wildman–Crippen MR) is 103 cm³/mol. The summed E-state index contributed by atoms with van der Waals surface area (Å²) in [4.78, 5) is 17.0. The van der Waals surface area contributed by atoms with E-state index in [9.17, 15) is 13.2 Å². The number of aromatic nitrogens is 1. The predicted octanol–water partition coefficient (Wildman–Crippen LogP) is 3.34. The Morgan fingerprint density at radius 3 is 2.12 bits per heavy atom. The van der Waals surface area contributed by atoms with Gasteiger partial charge in [0.05, 0.1) is 16.3 Å². The van der Waals surface area contributed by atoms with Crippen LogP contribution in [0.3, 0.4) is 0 Å². The van der Waals surface area contributed by atoms with Crippen LogP contribution < -0.4 is 10.0 Å². The van der Waals surface area contributed by atoms with E-state index in [2.05, 4.69) is 15.0 Å². The summed E-state index contributed by atoms with van der Waals surface area (Å²) in [5, 5.41) is 2.85. The molecule has 2 rings (SSSR count). The van der Waals surface area contributed by atoms with Gasteiger partial charge >= 0.3 is 0 Å². The summed E-state index contributed by atoms with van der Waals surface area (Å²) >= 11 is 0. The van der Waals surface area contributed by atoms with Gasteiger partial charge in [-0.2, -0.15) is 0 Å². The van der Waals surface area contributed by atoms with Crippen molar-refractivity contribution < 1.29 is 13.2 Å². The highest BCUT2D eigenvalue weighted by Gasteiger charge is 2.22. The molecule has 140 valence electrons. The second-order valence-corrected chi connectivity index (χ2v) is 9.06. The first-order valence-corrected chi connectivity index (χ1v) is 9.77. The number of nitrogens with zero attached hydrogens (tertiary/aromatic N) is 1. The molecule has 0 unspecified atom stereocenters.